The average Bonchev–Trinajstić information content (AvgIpc) is 2.75. The first-order valence-corrected chi connectivity index (χ1v) is 6.91. The topological polar surface area (TPSA) is 58.4 Å². The third-order valence-electron chi connectivity index (χ3n) is 3.47. The molecular weight excluding hydrogens is 258 g/mol. The number of hydrogen-bond donors (Lipinski definition) is 2. The molecule has 0 spiro atoms. The summed E-state index contributed by atoms with van der Waals surface area (Å²) in [5.74, 6) is 0.00818. The number of carbonyl (C=O) groups is 1. The second-order valence-corrected chi connectivity index (χ2v) is 5.39. The predicted molar refractivity (Wildman–Crippen MR) is 81.2 cm³/mol. The van der Waals surface area contributed by atoms with Gasteiger partial charge in [-0.05, 0) is 38.4 Å². The Kier molecular flexibility index (Phi) is 4.50. The van der Waals surface area contributed by atoms with E-state index in [9.17, 15) is 4.79 Å². The van der Waals surface area contributed by atoms with Gasteiger partial charge in [-0.15, -0.1) is 0 Å². The highest BCUT2D eigenvalue weighted by Crippen LogP contribution is 2.16. The lowest BCUT2D eigenvalue weighted by Gasteiger charge is -2.20. The summed E-state index contributed by atoms with van der Waals surface area (Å²) in [5, 5.41) is 2.89. The SMILES string of the molecule is CC1CCCN1CC(=O)Nc1cccc(C(N)=S)c1. The van der Waals surface area contributed by atoms with Crippen molar-refractivity contribution in [2.75, 3.05) is 18.4 Å². The largest absolute Gasteiger partial charge is 0.389 e. The first-order chi connectivity index (χ1) is 9.06. The number of rotatable bonds is 4. The normalized spacial score (nSPS) is 19.3. The van der Waals surface area contributed by atoms with Gasteiger partial charge in [-0.2, -0.15) is 0 Å². The Labute approximate surface area is 119 Å². The molecule has 1 amide bonds. The van der Waals surface area contributed by atoms with Gasteiger partial charge in [0.1, 0.15) is 4.99 Å². The van der Waals surface area contributed by atoms with Gasteiger partial charge in [-0.3, -0.25) is 9.69 Å². The lowest BCUT2D eigenvalue weighted by atomic mass is 10.2. The highest BCUT2D eigenvalue weighted by Gasteiger charge is 2.22. The van der Waals surface area contributed by atoms with Crippen LogP contribution in [0.4, 0.5) is 5.69 Å². The first kappa shape index (κ1) is 14.0. The Morgan fingerprint density at radius 1 is 1.58 bits per heavy atom. The molecule has 1 saturated heterocycles. The van der Waals surface area contributed by atoms with Crippen LogP contribution < -0.4 is 11.1 Å². The third-order valence-corrected chi connectivity index (χ3v) is 3.70. The zero-order chi connectivity index (χ0) is 13.8. The van der Waals surface area contributed by atoms with Crippen molar-refractivity contribution in [2.24, 2.45) is 5.73 Å². The molecule has 1 atom stereocenters. The minimum atomic E-state index is 0.00818. The van der Waals surface area contributed by atoms with Crippen LogP contribution in [-0.4, -0.2) is 34.9 Å². The summed E-state index contributed by atoms with van der Waals surface area (Å²) < 4.78 is 0. The Balaban J connectivity index is 1.95. The molecule has 0 saturated carbocycles. The highest BCUT2D eigenvalue weighted by molar-refractivity contribution is 7.80. The van der Waals surface area contributed by atoms with Crippen molar-refractivity contribution in [1.29, 1.82) is 0 Å². The summed E-state index contributed by atoms with van der Waals surface area (Å²) >= 11 is 4.92. The van der Waals surface area contributed by atoms with Crippen LogP contribution >= 0.6 is 12.2 Å². The number of carbonyl (C=O) groups excluding carboxylic acids is 1. The minimum absolute atomic E-state index is 0.00818. The summed E-state index contributed by atoms with van der Waals surface area (Å²) in [6.45, 7) is 3.60. The summed E-state index contributed by atoms with van der Waals surface area (Å²) in [6.07, 6.45) is 2.34. The first-order valence-electron chi connectivity index (χ1n) is 6.50. The molecule has 1 aliphatic rings. The maximum absolute atomic E-state index is 12.0. The molecule has 1 heterocycles. The zero-order valence-electron chi connectivity index (χ0n) is 11.1. The Morgan fingerprint density at radius 2 is 2.37 bits per heavy atom. The van der Waals surface area contributed by atoms with E-state index in [4.69, 9.17) is 18.0 Å². The van der Waals surface area contributed by atoms with Crippen molar-refractivity contribution in [3.8, 4) is 0 Å². The van der Waals surface area contributed by atoms with Gasteiger partial charge in [-0.1, -0.05) is 24.4 Å². The Hall–Kier alpha value is -1.46. The average molecular weight is 277 g/mol. The van der Waals surface area contributed by atoms with Crippen molar-refractivity contribution in [2.45, 2.75) is 25.8 Å². The molecule has 3 N–H and O–H groups in total. The number of hydrogen-bond acceptors (Lipinski definition) is 3. The van der Waals surface area contributed by atoms with E-state index in [0.717, 1.165) is 17.8 Å². The maximum Gasteiger partial charge on any atom is 0.238 e. The molecule has 19 heavy (non-hydrogen) atoms. The second kappa shape index (κ2) is 6.12. The standard InChI is InChI=1S/C14H19N3OS/c1-10-4-3-7-17(10)9-13(18)16-12-6-2-5-11(8-12)14(15)19/h2,5-6,8,10H,3-4,7,9H2,1H3,(H2,15,19)(H,16,18). The van der Waals surface area contributed by atoms with Crippen LogP contribution in [0, 0.1) is 0 Å². The monoisotopic (exact) mass is 277 g/mol. The van der Waals surface area contributed by atoms with Crippen LogP contribution in [0.2, 0.25) is 0 Å². The Bertz CT molecular complexity index is 489. The number of thiocarbonyl (C=S) groups is 1. The minimum Gasteiger partial charge on any atom is -0.389 e. The van der Waals surface area contributed by atoms with E-state index in [2.05, 4.69) is 17.1 Å². The fourth-order valence-electron chi connectivity index (χ4n) is 2.36. The number of nitrogens with two attached hydrogens (primary N) is 1. The lowest BCUT2D eigenvalue weighted by Crippen LogP contribution is -2.35. The molecule has 0 aliphatic carbocycles. The van der Waals surface area contributed by atoms with Crippen molar-refractivity contribution in [3.05, 3.63) is 29.8 Å². The molecule has 1 fully saturated rings. The third kappa shape index (κ3) is 3.75. The summed E-state index contributed by atoms with van der Waals surface area (Å²) in [6, 6.07) is 7.80. The van der Waals surface area contributed by atoms with Crippen LogP contribution in [0.5, 0.6) is 0 Å². The van der Waals surface area contributed by atoms with Crippen LogP contribution in [-0.2, 0) is 4.79 Å². The quantitative estimate of drug-likeness (QED) is 0.823. The number of nitrogens with one attached hydrogen (secondary N) is 1. The van der Waals surface area contributed by atoms with E-state index < -0.39 is 0 Å². The molecule has 5 heteroatoms. The van der Waals surface area contributed by atoms with Gasteiger partial charge >= 0.3 is 0 Å². The van der Waals surface area contributed by atoms with E-state index in [1.807, 2.05) is 18.2 Å². The van der Waals surface area contributed by atoms with Gasteiger partial charge in [0.15, 0.2) is 0 Å². The molecule has 2 rings (SSSR count). The van der Waals surface area contributed by atoms with Gasteiger partial charge in [0.05, 0.1) is 6.54 Å². The number of amides is 1. The van der Waals surface area contributed by atoms with Gasteiger partial charge in [-0.25, -0.2) is 0 Å². The van der Waals surface area contributed by atoms with Crippen LogP contribution in [0.15, 0.2) is 24.3 Å². The highest BCUT2D eigenvalue weighted by atomic mass is 32.1. The van der Waals surface area contributed by atoms with E-state index >= 15 is 0 Å². The molecule has 0 radical (unpaired) electrons. The molecule has 0 bridgehead atoms. The van der Waals surface area contributed by atoms with E-state index in [1.54, 1.807) is 6.07 Å². The number of nitrogens with zero attached hydrogens (tertiary/aromatic N) is 1. The maximum atomic E-state index is 12.0. The fourth-order valence-corrected chi connectivity index (χ4v) is 2.49. The van der Waals surface area contributed by atoms with Crippen LogP contribution in [0.25, 0.3) is 0 Å². The van der Waals surface area contributed by atoms with E-state index in [-0.39, 0.29) is 5.91 Å². The second-order valence-electron chi connectivity index (χ2n) is 4.95. The van der Waals surface area contributed by atoms with Crippen molar-refractivity contribution >= 4 is 28.8 Å². The summed E-state index contributed by atoms with van der Waals surface area (Å²) in [5.41, 5.74) is 7.08. The Morgan fingerprint density at radius 3 is 3.00 bits per heavy atom. The number of anilines is 1. The van der Waals surface area contributed by atoms with Gasteiger partial charge in [0, 0.05) is 17.3 Å². The van der Waals surface area contributed by atoms with Gasteiger partial charge in [0.2, 0.25) is 5.91 Å². The van der Waals surface area contributed by atoms with Gasteiger partial charge in [0.25, 0.3) is 0 Å². The molecule has 1 aliphatic heterocycles. The molecule has 1 unspecified atom stereocenters. The van der Waals surface area contributed by atoms with E-state index in [0.29, 0.717) is 17.6 Å². The van der Waals surface area contributed by atoms with Crippen LogP contribution in [0.1, 0.15) is 25.3 Å². The molecule has 1 aromatic rings. The van der Waals surface area contributed by atoms with Gasteiger partial charge < -0.3 is 11.1 Å². The molecule has 0 aromatic heterocycles. The smallest absolute Gasteiger partial charge is 0.238 e. The predicted octanol–water partition coefficient (Wildman–Crippen LogP) is 1.74. The number of likely N-dealkylation sites (tertiary alicyclic amines) is 1. The van der Waals surface area contributed by atoms with Crippen molar-refractivity contribution < 1.29 is 4.79 Å². The zero-order valence-corrected chi connectivity index (χ0v) is 11.9. The van der Waals surface area contributed by atoms with Crippen molar-refractivity contribution in [3.63, 3.8) is 0 Å². The van der Waals surface area contributed by atoms with Crippen LogP contribution in [0.3, 0.4) is 0 Å². The molecular formula is C14H19N3OS. The molecule has 102 valence electrons. The number of benzene rings is 1. The lowest BCUT2D eigenvalue weighted by molar-refractivity contribution is -0.117. The molecule has 1 aromatic carbocycles. The van der Waals surface area contributed by atoms with Crippen molar-refractivity contribution in [1.82, 2.24) is 4.90 Å². The fraction of sp³-hybridized carbons (Fsp3) is 0.429. The summed E-state index contributed by atoms with van der Waals surface area (Å²) in [4.78, 5) is 14.5. The summed E-state index contributed by atoms with van der Waals surface area (Å²) in [7, 11) is 0. The molecule has 4 nitrogen and oxygen atoms in total. The van der Waals surface area contributed by atoms with E-state index in [1.165, 1.54) is 12.8 Å².